The first-order valence-corrected chi connectivity index (χ1v) is 8.31. The molecule has 0 radical (unpaired) electrons. The minimum Gasteiger partial charge on any atom is -0.358 e. The van der Waals surface area contributed by atoms with Crippen LogP contribution in [-0.2, 0) is 4.79 Å². The number of hydrogen-bond acceptors (Lipinski definition) is 3. The largest absolute Gasteiger partial charge is 0.358 e. The number of carbonyl (C=O) groups excluding carboxylic acids is 1. The molecule has 0 bridgehead atoms. The molecular formula is C13H15BrN2OS2. The molecule has 2 rings (SSSR count). The number of thiocarbonyl (C=S) groups is 1. The van der Waals surface area contributed by atoms with Gasteiger partial charge in [-0.05, 0) is 40.9 Å². The van der Waals surface area contributed by atoms with Crippen LogP contribution in [0.2, 0.25) is 0 Å². The first kappa shape index (κ1) is 14.8. The van der Waals surface area contributed by atoms with Crippen LogP contribution < -0.4 is 5.32 Å². The number of anilines is 1. The Morgan fingerprint density at radius 3 is 2.74 bits per heavy atom. The van der Waals surface area contributed by atoms with Gasteiger partial charge in [0.25, 0.3) is 0 Å². The summed E-state index contributed by atoms with van der Waals surface area (Å²) in [6.45, 7) is 2.05. The molecule has 1 aliphatic heterocycles. The average molecular weight is 359 g/mol. The van der Waals surface area contributed by atoms with Crippen LogP contribution in [0.5, 0.6) is 0 Å². The van der Waals surface area contributed by atoms with Gasteiger partial charge in [0.05, 0.1) is 11.4 Å². The second-order valence-electron chi connectivity index (χ2n) is 4.28. The van der Waals surface area contributed by atoms with Crippen LogP contribution in [0.4, 0.5) is 5.69 Å². The summed E-state index contributed by atoms with van der Waals surface area (Å²) in [5, 5.41) is 2.87. The van der Waals surface area contributed by atoms with E-state index in [1.165, 1.54) is 24.6 Å². The number of amides is 1. The fraction of sp³-hybridized carbons (Fsp3) is 0.385. The molecule has 1 aliphatic rings. The number of benzene rings is 1. The van der Waals surface area contributed by atoms with Crippen molar-refractivity contribution >= 4 is 55.8 Å². The SMILES string of the molecule is O=C(CSC(=S)N1CCCC1)Nc1ccccc1Br. The van der Waals surface area contributed by atoms with E-state index in [0.717, 1.165) is 27.6 Å². The predicted octanol–water partition coefficient (Wildman–Crippen LogP) is 3.50. The minimum atomic E-state index is -0.0292. The summed E-state index contributed by atoms with van der Waals surface area (Å²) < 4.78 is 1.72. The summed E-state index contributed by atoms with van der Waals surface area (Å²) in [5.74, 6) is 0.329. The number of thioether (sulfide) groups is 1. The maximum absolute atomic E-state index is 11.9. The zero-order chi connectivity index (χ0) is 13.7. The zero-order valence-corrected chi connectivity index (χ0v) is 13.6. The molecular weight excluding hydrogens is 344 g/mol. The molecule has 1 fully saturated rings. The minimum absolute atomic E-state index is 0.0292. The van der Waals surface area contributed by atoms with Crippen molar-refractivity contribution in [2.45, 2.75) is 12.8 Å². The summed E-state index contributed by atoms with van der Waals surface area (Å²) in [6, 6.07) is 7.57. The van der Waals surface area contributed by atoms with Gasteiger partial charge in [-0.3, -0.25) is 4.79 Å². The molecule has 0 aliphatic carbocycles. The summed E-state index contributed by atoms with van der Waals surface area (Å²) in [7, 11) is 0. The van der Waals surface area contributed by atoms with Crippen LogP contribution in [0.3, 0.4) is 0 Å². The lowest BCUT2D eigenvalue weighted by Crippen LogP contribution is -2.25. The maximum atomic E-state index is 11.9. The van der Waals surface area contributed by atoms with Crippen molar-refractivity contribution in [1.29, 1.82) is 0 Å². The quantitative estimate of drug-likeness (QED) is 0.838. The van der Waals surface area contributed by atoms with Crippen LogP contribution in [-0.4, -0.2) is 34.0 Å². The van der Waals surface area contributed by atoms with Crippen LogP contribution in [0.25, 0.3) is 0 Å². The number of carbonyl (C=O) groups is 1. The van der Waals surface area contributed by atoms with Gasteiger partial charge in [-0.2, -0.15) is 0 Å². The Labute approximate surface area is 131 Å². The molecule has 6 heteroatoms. The average Bonchev–Trinajstić information content (AvgIpc) is 2.93. The maximum Gasteiger partial charge on any atom is 0.234 e. The Bertz CT molecular complexity index is 475. The van der Waals surface area contributed by atoms with Crippen LogP contribution in [0.15, 0.2) is 28.7 Å². The third-order valence-corrected chi connectivity index (χ3v) is 5.05. The predicted molar refractivity (Wildman–Crippen MR) is 88.6 cm³/mol. The van der Waals surface area contributed by atoms with Crippen LogP contribution >= 0.6 is 39.9 Å². The topological polar surface area (TPSA) is 32.3 Å². The third kappa shape index (κ3) is 4.47. The molecule has 0 unspecified atom stereocenters. The van der Waals surface area contributed by atoms with E-state index in [4.69, 9.17) is 12.2 Å². The Kier molecular flexibility index (Phi) is 5.66. The highest BCUT2D eigenvalue weighted by Gasteiger charge is 2.16. The molecule has 0 aromatic heterocycles. The number of nitrogens with one attached hydrogen (secondary N) is 1. The second-order valence-corrected chi connectivity index (χ2v) is 6.74. The molecule has 19 heavy (non-hydrogen) atoms. The van der Waals surface area contributed by atoms with Crippen molar-refractivity contribution in [3.8, 4) is 0 Å². The molecule has 1 saturated heterocycles. The van der Waals surface area contributed by atoms with Gasteiger partial charge in [0, 0.05) is 17.6 Å². The standard InChI is InChI=1S/C13H15BrN2OS2/c14-10-5-1-2-6-11(10)15-12(17)9-19-13(18)16-7-3-4-8-16/h1-2,5-6H,3-4,7-9H2,(H,15,17). The fourth-order valence-electron chi connectivity index (χ4n) is 1.87. The first-order valence-electron chi connectivity index (χ1n) is 6.13. The lowest BCUT2D eigenvalue weighted by Gasteiger charge is -2.17. The van der Waals surface area contributed by atoms with Crippen molar-refractivity contribution < 1.29 is 4.79 Å². The van der Waals surface area contributed by atoms with Crippen LogP contribution in [0.1, 0.15) is 12.8 Å². The summed E-state index contributed by atoms with van der Waals surface area (Å²) in [5.41, 5.74) is 0.792. The molecule has 0 spiro atoms. The first-order chi connectivity index (χ1) is 9.16. The van der Waals surface area contributed by atoms with Crippen molar-refractivity contribution in [2.24, 2.45) is 0 Å². The van der Waals surface area contributed by atoms with E-state index in [9.17, 15) is 4.79 Å². The van der Waals surface area contributed by atoms with E-state index >= 15 is 0 Å². The van der Waals surface area contributed by atoms with Crippen molar-refractivity contribution in [1.82, 2.24) is 4.90 Å². The van der Waals surface area contributed by atoms with Gasteiger partial charge in [-0.15, -0.1) is 0 Å². The van der Waals surface area contributed by atoms with Gasteiger partial charge in [-0.25, -0.2) is 0 Å². The Balaban J connectivity index is 1.78. The van der Waals surface area contributed by atoms with Gasteiger partial charge in [-0.1, -0.05) is 36.1 Å². The molecule has 3 nitrogen and oxygen atoms in total. The highest BCUT2D eigenvalue weighted by atomic mass is 79.9. The Hall–Kier alpha value is -0.590. The normalized spacial score (nSPS) is 14.5. The Morgan fingerprint density at radius 2 is 2.05 bits per heavy atom. The van der Waals surface area contributed by atoms with Crippen molar-refractivity contribution in [3.63, 3.8) is 0 Å². The van der Waals surface area contributed by atoms with Crippen molar-refractivity contribution in [3.05, 3.63) is 28.7 Å². The molecule has 0 atom stereocenters. The van der Waals surface area contributed by atoms with Gasteiger partial charge in [0.2, 0.25) is 5.91 Å². The fourth-order valence-corrected chi connectivity index (χ4v) is 3.30. The van der Waals surface area contributed by atoms with E-state index in [0.29, 0.717) is 5.75 Å². The molecule has 0 saturated carbocycles. The van der Waals surface area contributed by atoms with Crippen LogP contribution in [0, 0.1) is 0 Å². The molecule has 1 heterocycles. The highest BCUT2D eigenvalue weighted by molar-refractivity contribution is 9.10. The Morgan fingerprint density at radius 1 is 1.37 bits per heavy atom. The van der Waals surface area contributed by atoms with Gasteiger partial charge < -0.3 is 10.2 Å². The van der Waals surface area contributed by atoms with Crippen molar-refractivity contribution in [2.75, 3.05) is 24.2 Å². The highest BCUT2D eigenvalue weighted by Crippen LogP contribution is 2.22. The van der Waals surface area contributed by atoms with Gasteiger partial charge >= 0.3 is 0 Å². The van der Waals surface area contributed by atoms with E-state index in [-0.39, 0.29) is 5.91 Å². The molecule has 1 amide bonds. The molecule has 1 N–H and O–H groups in total. The van der Waals surface area contributed by atoms with E-state index < -0.39 is 0 Å². The second kappa shape index (κ2) is 7.26. The molecule has 102 valence electrons. The molecule has 1 aromatic rings. The monoisotopic (exact) mass is 358 g/mol. The zero-order valence-electron chi connectivity index (χ0n) is 10.4. The number of likely N-dealkylation sites (tertiary alicyclic amines) is 1. The number of nitrogens with zero attached hydrogens (tertiary/aromatic N) is 1. The smallest absolute Gasteiger partial charge is 0.234 e. The van der Waals surface area contributed by atoms with Gasteiger partial charge in [0.1, 0.15) is 4.32 Å². The number of para-hydroxylation sites is 1. The summed E-state index contributed by atoms with van der Waals surface area (Å²) in [6.07, 6.45) is 2.40. The molecule has 1 aromatic carbocycles. The third-order valence-electron chi connectivity index (χ3n) is 2.84. The summed E-state index contributed by atoms with van der Waals surface area (Å²) >= 11 is 10.2. The van der Waals surface area contributed by atoms with E-state index in [1.54, 1.807) is 0 Å². The number of hydrogen-bond donors (Lipinski definition) is 1. The lowest BCUT2D eigenvalue weighted by molar-refractivity contribution is -0.113. The van der Waals surface area contributed by atoms with Gasteiger partial charge in [0.15, 0.2) is 0 Å². The summed E-state index contributed by atoms with van der Waals surface area (Å²) in [4.78, 5) is 14.0. The number of rotatable bonds is 3. The number of halogens is 1. The van der Waals surface area contributed by atoms with E-state index in [2.05, 4.69) is 26.1 Å². The van der Waals surface area contributed by atoms with E-state index in [1.807, 2.05) is 24.3 Å². The lowest BCUT2D eigenvalue weighted by atomic mass is 10.3.